The van der Waals surface area contributed by atoms with Crippen LogP contribution in [0.5, 0.6) is 0 Å². The SMILES string of the molecule is CC/C=C\C/C=C\C/C=C\CCCCCC(=O)O[C@H]1CC[C@@]2(C)C(=CC[C@H]3[C@@H]4CC[C@H]([C@H](C)/C=C/[C@@H](CC)C(C)C)[C@@]4(C)CC[C@@H]32)C1. The van der Waals surface area contributed by atoms with Gasteiger partial charge >= 0.3 is 5.97 Å². The molecule has 4 aliphatic carbocycles. The fourth-order valence-corrected chi connectivity index (χ4v) is 10.7. The molecule has 2 heteroatoms. The fraction of sp³-hybridized carbons (Fsp3) is 0.756. The van der Waals surface area contributed by atoms with Crippen molar-refractivity contribution in [3.8, 4) is 0 Å². The summed E-state index contributed by atoms with van der Waals surface area (Å²) >= 11 is 0. The second kappa shape index (κ2) is 18.2. The van der Waals surface area contributed by atoms with E-state index in [-0.39, 0.29) is 12.1 Å². The van der Waals surface area contributed by atoms with Crippen LogP contribution in [-0.2, 0) is 9.53 Å². The number of unbranched alkanes of at least 4 members (excludes halogenated alkanes) is 3. The number of ether oxygens (including phenoxy) is 1. The van der Waals surface area contributed by atoms with Crippen molar-refractivity contribution < 1.29 is 9.53 Å². The lowest BCUT2D eigenvalue weighted by atomic mass is 9.47. The van der Waals surface area contributed by atoms with Crippen LogP contribution in [0.25, 0.3) is 0 Å². The fourth-order valence-electron chi connectivity index (χ4n) is 10.7. The number of carbonyl (C=O) groups excluding carboxylic acids is 1. The summed E-state index contributed by atoms with van der Waals surface area (Å²) in [6.07, 6.45) is 40.7. The van der Waals surface area contributed by atoms with Crippen LogP contribution in [0.2, 0.25) is 0 Å². The summed E-state index contributed by atoms with van der Waals surface area (Å²) in [6, 6.07) is 0. The smallest absolute Gasteiger partial charge is 0.306 e. The Hall–Kier alpha value is -1.83. The van der Waals surface area contributed by atoms with Gasteiger partial charge in [-0.05, 0) is 142 Å². The van der Waals surface area contributed by atoms with E-state index in [1.807, 2.05) is 0 Å². The molecule has 0 amide bonds. The van der Waals surface area contributed by atoms with Crippen molar-refractivity contribution in [1.29, 1.82) is 0 Å². The van der Waals surface area contributed by atoms with Crippen LogP contribution in [0.1, 0.15) is 158 Å². The Morgan fingerprint density at radius 3 is 2.34 bits per heavy atom. The van der Waals surface area contributed by atoms with E-state index >= 15 is 0 Å². The molecule has 0 N–H and O–H groups in total. The van der Waals surface area contributed by atoms with Gasteiger partial charge in [0.25, 0.3) is 0 Å². The normalized spacial score (nSPS) is 33.8. The number of carbonyl (C=O) groups is 1. The summed E-state index contributed by atoms with van der Waals surface area (Å²) in [5.74, 6) is 5.47. The lowest BCUT2D eigenvalue weighted by Crippen LogP contribution is -2.51. The summed E-state index contributed by atoms with van der Waals surface area (Å²) in [6.45, 7) is 17.0. The first-order valence-electron chi connectivity index (χ1n) is 20.2. The zero-order valence-corrected chi connectivity index (χ0v) is 31.7. The van der Waals surface area contributed by atoms with E-state index in [0.717, 1.165) is 87.4 Å². The predicted octanol–water partition coefficient (Wildman–Crippen LogP) is 13.2. The molecule has 4 rings (SSSR count). The Balaban J connectivity index is 1.21. The molecule has 0 spiro atoms. The first-order chi connectivity index (χ1) is 22.6. The van der Waals surface area contributed by atoms with Crippen molar-refractivity contribution in [2.45, 2.75) is 164 Å². The van der Waals surface area contributed by atoms with E-state index in [2.05, 4.69) is 103 Å². The molecular weight excluding hydrogens is 572 g/mol. The predicted molar refractivity (Wildman–Crippen MR) is 202 cm³/mol. The van der Waals surface area contributed by atoms with Crippen LogP contribution in [0, 0.1) is 52.3 Å². The van der Waals surface area contributed by atoms with Crippen LogP contribution in [0.4, 0.5) is 0 Å². The average molecular weight is 645 g/mol. The Morgan fingerprint density at radius 1 is 0.872 bits per heavy atom. The topological polar surface area (TPSA) is 26.3 Å². The number of esters is 1. The van der Waals surface area contributed by atoms with Gasteiger partial charge in [-0.1, -0.05) is 115 Å². The van der Waals surface area contributed by atoms with E-state index in [4.69, 9.17) is 4.74 Å². The number of rotatable bonds is 17. The van der Waals surface area contributed by atoms with Crippen LogP contribution in [-0.4, -0.2) is 12.1 Å². The molecule has 264 valence electrons. The molecule has 0 bridgehead atoms. The molecule has 4 aliphatic rings. The molecule has 0 saturated heterocycles. The highest BCUT2D eigenvalue weighted by molar-refractivity contribution is 5.69. The summed E-state index contributed by atoms with van der Waals surface area (Å²) in [5.41, 5.74) is 2.41. The Morgan fingerprint density at radius 2 is 1.62 bits per heavy atom. The Labute approximate surface area is 291 Å². The van der Waals surface area contributed by atoms with Gasteiger partial charge in [-0.2, -0.15) is 0 Å². The third-order valence-corrected chi connectivity index (χ3v) is 13.6. The van der Waals surface area contributed by atoms with E-state index in [0.29, 0.717) is 29.1 Å². The molecule has 9 atom stereocenters. The van der Waals surface area contributed by atoms with Crippen molar-refractivity contribution in [2.75, 3.05) is 0 Å². The maximum atomic E-state index is 12.8. The molecule has 0 aliphatic heterocycles. The number of allylic oxidation sites excluding steroid dienone is 9. The van der Waals surface area contributed by atoms with Crippen LogP contribution >= 0.6 is 0 Å². The molecule has 2 nitrogen and oxygen atoms in total. The van der Waals surface area contributed by atoms with Crippen molar-refractivity contribution in [3.63, 3.8) is 0 Å². The first-order valence-corrected chi connectivity index (χ1v) is 20.2. The number of hydrogen-bond donors (Lipinski definition) is 0. The van der Waals surface area contributed by atoms with Crippen molar-refractivity contribution in [3.05, 3.63) is 60.3 Å². The molecule has 0 heterocycles. The molecule has 3 saturated carbocycles. The zero-order valence-electron chi connectivity index (χ0n) is 31.7. The van der Waals surface area contributed by atoms with Gasteiger partial charge in [0.1, 0.15) is 6.10 Å². The number of fused-ring (bicyclic) bond motifs is 5. The quantitative estimate of drug-likeness (QED) is 0.0894. The van der Waals surface area contributed by atoms with Crippen molar-refractivity contribution >= 4 is 5.97 Å². The maximum Gasteiger partial charge on any atom is 0.306 e. The molecule has 0 aromatic carbocycles. The minimum Gasteiger partial charge on any atom is -0.462 e. The summed E-state index contributed by atoms with van der Waals surface area (Å²) in [7, 11) is 0. The Kier molecular flexibility index (Phi) is 14.7. The molecule has 0 aromatic heterocycles. The number of hydrogen-bond acceptors (Lipinski definition) is 2. The summed E-state index contributed by atoms with van der Waals surface area (Å²) < 4.78 is 6.10. The largest absolute Gasteiger partial charge is 0.462 e. The van der Waals surface area contributed by atoms with Crippen molar-refractivity contribution in [1.82, 2.24) is 0 Å². The minimum absolute atomic E-state index is 0.0259. The third kappa shape index (κ3) is 9.66. The van der Waals surface area contributed by atoms with Gasteiger partial charge in [-0.3, -0.25) is 4.79 Å². The standard InChI is InChI=1S/C45H72O2/c1-8-10-11-12-13-14-15-16-17-18-19-20-21-22-43(46)47-38-29-31-44(6)37(33-38)25-26-39-41-28-27-40(45(41,7)32-30-42(39)44)35(5)23-24-36(9-2)34(3)4/h10-11,13-14,16-17,23-25,34-36,38-42H,8-9,12,15,18-22,26-33H2,1-7H3/b11-10-,14-13-,17-16-,24-23+/t35-,36-,38+,39+,40-,41+,42+,44+,45-/m1/s1. The summed E-state index contributed by atoms with van der Waals surface area (Å²) in [4.78, 5) is 12.8. The summed E-state index contributed by atoms with van der Waals surface area (Å²) in [5, 5.41) is 0. The zero-order chi connectivity index (χ0) is 33.9. The lowest BCUT2D eigenvalue weighted by molar-refractivity contribution is -0.151. The highest BCUT2D eigenvalue weighted by atomic mass is 16.5. The second-order valence-electron chi connectivity index (χ2n) is 16.8. The average Bonchev–Trinajstić information content (AvgIpc) is 3.41. The van der Waals surface area contributed by atoms with Gasteiger partial charge in [-0.25, -0.2) is 0 Å². The second-order valence-corrected chi connectivity index (χ2v) is 16.8. The van der Waals surface area contributed by atoms with E-state index in [1.165, 1.54) is 44.9 Å². The third-order valence-electron chi connectivity index (χ3n) is 13.6. The lowest BCUT2D eigenvalue weighted by Gasteiger charge is -2.58. The highest BCUT2D eigenvalue weighted by Crippen LogP contribution is 2.67. The molecular formula is C45H72O2. The van der Waals surface area contributed by atoms with E-state index < -0.39 is 0 Å². The highest BCUT2D eigenvalue weighted by Gasteiger charge is 2.59. The molecule has 0 aromatic rings. The van der Waals surface area contributed by atoms with Gasteiger partial charge in [0.2, 0.25) is 0 Å². The van der Waals surface area contributed by atoms with Gasteiger partial charge in [-0.15, -0.1) is 0 Å². The van der Waals surface area contributed by atoms with Gasteiger partial charge in [0, 0.05) is 12.8 Å². The van der Waals surface area contributed by atoms with Crippen LogP contribution in [0.3, 0.4) is 0 Å². The minimum atomic E-state index is 0.0259. The van der Waals surface area contributed by atoms with Crippen LogP contribution in [0.15, 0.2) is 60.3 Å². The van der Waals surface area contributed by atoms with Gasteiger partial charge in [0.05, 0.1) is 0 Å². The van der Waals surface area contributed by atoms with Crippen molar-refractivity contribution in [2.24, 2.45) is 52.3 Å². The first kappa shape index (κ1) is 38.0. The van der Waals surface area contributed by atoms with Crippen LogP contribution < -0.4 is 0 Å². The Bertz CT molecular complexity index is 1120. The van der Waals surface area contributed by atoms with E-state index in [9.17, 15) is 4.79 Å². The molecule has 0 unspecified atom stereocenters. The monoisotopic (exact) mass is 645 g/mol. The molecule has 3 fully saturated rings. The van der Waals surface area contributed by atoms with Gasteiger partial charge in [0.15, 0.2) is 0 Å². The molecule has 0 radical (unpaired) electrons. The van der Waals surface area contributed by atoms with E-state index in [1.54, 1.807) is 5.57 Å². The molecule has 47 heavy (non-hydrogen) atoms. The maximum absolute atomic E-state index is 12.8. The van der Waals surface area contributed by atoms with Gasteiger partial charge < -0.3 is 4.74 Å².